The monoisotopic (exact) mass is 775 g/mol. The van der Waals surface area contributed by atoms with Crippen molar-refractivity contribution in [3.05, 3.63) is 199 Å². The molecule has 0 spiro atoms. The molecule has 3 aromatic heterocycles. The second-order valence-electron chi connectivity index (χ2n) is 14.6. The third-order valence-electron chi connectivity index (χ3n) is 11.0. The molecule has 0 amide bonds. The minimum atomic E-state index is -0.819. The van der Waals surface area contributed by atoms with Crippen molar-refractivity contribution in [2.45, 2.75) is 19.3 Å². The van der Waals surface area contributed by atoms with Gasteiger partial charge in [0, 0.05) is 32.5 Å². The standard InChI is InChI=1S/C54H37N5/c1-54(2)44-22-10-6-20-43(44)50-38(21-14-23-45(50)54)35-27-29-36(30-28-35)51-55-52(58-46-24-11-7-17-39(46)40-18-8-12-25-47(40)58)57-53(56-51)59-48-26-13-9-19-41(48)42-32-31-37(33-49(42)59)34-15-4-3-5-16-34/h3-33H,1-2H3/i3D,4D,5D,7D,8D,9D,11D,12D,13D,15D,16D,17D,18D,19D,24D,25D,26D,31D,32D,33D. The van der Waals surface area contributed by atoms with Crippen molar-refractivity contribution >= 4 is 43.6 Å². The lowest BCUT2D eigenvalue weighted by Gasteiger charge is -2.21. The highest BCUT2D eigenvalue weighted by molar-refractivity contribution is 6.11. The van der Waals surface area contributed by atoms with Crippen molar-refractivity contribution in [2.24, 2.45) is 0 Å². The summed E-state index contributed by atoms with van der Waals surface area (Å²) in [7, 11) is 0. The van der Waals surface area contributed by atoms with E-state index in [-0.39, 0.29) is 44.0 Å². The first-order chi connectivity index (χ1) is 37.3. The van der Waals surface area contributed by atoms with E-state index in [1.54, 1.807) is 12.1 Å². The normalized spacial score (nSPS) is 17.8. The van der Waals surface area contributed by atoms with Crippen molar-refractivity contribution in [1.82, 2.24) is 24.1 Å². The molecule has 0 atom stereocenters. The van der Waals surface area contributed by atoms with E-state index < -0.39 is 160 Å². The number of para-hydroxylation sites is 3. The van der Waals surface area contributed by atoms with E-state index in [1.165, 1.54) is 0 Å². The van der Waals surface area contributed by atoms with Crippen LogP contribution in [0.4, 0.5) is 0 Å². The van der Waals surface area contributed by atoms with Gasteiger partial charge in [0.25, 0.3) is 0 Å². The zero-order valence-corrected chi connectivity index (χ0v) is 31.1. The Kier molecular flexibility index (Phi) is 4.13. The Morgan fingerprint density at radius 3 is 1.61 bits per heavy atom. The SMILES string of the molecule is [2H]c1c([2H])c([2H])c(-c2c([2H])c([2H])c3c4c([2H])c([2H])c([2H])c([2H])c4n(-c4nc(-c5ccc(-c6cccc7c6-c6ccccc6C7(C)C)cc5)nc(-n5c6c([2H])c([2H])c([2H])c([2H])c6c6c([2H])c([2H])c([2H])c([2H])c65)n4)c3c2[2H])c([2H])c1[2H]. The van der Waals surface area contributed by atoms with Gasteiger partial charge in [0.05, 0.1) is 49.5 Å². The quantitative estimate of drug-likeness (QED) is 0.175. The number of fused-ring (bicyclic) bond motifs is 9. The van der Waals surface area contributed by atoms with Gasteiger partial charge in [0.1, 0.15) is 0 Å². The highest BCUT2D eigenvalue weighted by Crippen LogP contribution is 2.52. The topological polar surface area (TPSA) is 48.5 Å². The highest BCUT2D eigenvalue weighted by atomic mass is 15.3. The van der Waals surface area contributed by atoms with Gasteiger partial charge in [-0.25, -0.2) is 0 Å². The summed E-state index contributed by atoms with van der Waals surface area (Å²) >= 11 is 0. The highest BCUT2D eigenvalue weighted by Gasteiger charge is 2.36. The molecular weight excluding hydrogens is 719 g/mol. The van der Waals surface area contributed by atoms with Crippen LogP contribution in [0.1, 0.15) is 52.4 Å². The molecule has 0 unspecified atom stereocenters. The molecule has 278 valence electrons. The van der Waals surface area contributed by atoms with Gasteiger partial charge in [-0.05, 0) is 68.7 Å². The Morgan fingerprint density at radius 2 is 0.949 bits per heavy atom. The van der Waals surface area contributed by atoms with Crippen LogP contribution in [0.25, 0.3) is 100 Å². The van der Waals surface area contributed by atoms with Crippen molar-refractivity contribution in [1.29, 1.82) is 0 Å². The van der Waals surface area contributed by atoms with E-state index in [0.717, 1.165) is 42.5 Å². The fourth-order valence-electron chi connectivity index (χ4n) is 8.31. The molecule has 0 bridgehead atoms. The number of aromatic nitrogens is 5. The lowest BCUT2D eigenvalue weighted by atomic mass is 9.82. The van der Waals surface area contributed by atoms with Crippen LogP contribution in [0, 0.1) is 0 Å². The number of hydrogen-bond acceptors (Lipinski definition) is 3. The molecule has 8 aromatic carbocycles. The van der Waals surface area contributed by atoms with Crippen molar-refractivity contribution in [3.8, 4) is 56.7 Å². The Hall–Kier alpha value is -7.63. The fourth-order valence-corrected chi connectivity index (χ4v) is 8.31. The summed E-state index contributed by atoms with van der Waals surface area (Å²) in [6.45, 7) is 4.32. The second-order valence-corrected chi connectivity index (χ2v) is 14.6. The van der Waals surface area contributed by atoms with Gasteiger partial charge in [-0.15, -0.1) is 0 Å². The van der Waals surface area contributed by atoms with Gasteiger partial charge >= 0.3 is 0 Å². The third-order valence-corrected chi connectivity index (χ3v) is 11.0. The average Bonchev–Trinajstić information content (AvgIpc) is 4.03. The molecule has 11 aromatic rings. The van der Waals surface area contributed by atoms with Crippen molar-refractivity contribution in [2.75, 3.05) is 0 Å². The molecule has 5 nitrogen and oxygen atoms in total. The summed E-state index contributed by atoms with van der Waals surface area (Å²) < 4.78 is 181. The number of nitrogens with zero attached hydrogens (tertiary/aromatic N) is 5. The second kappa shape index (κ2) is 12.7. The lowest BCUT2D eigenvalue weighted by molar-refractivity contribution is 0.660. The van der Waals surface area contributed by atoms with E-state index in [4.69, 9.17) is 32.8 Å². The summed E-state index contributed by atoms with van der Waals surface area (Å²) in [5.74, 6) is -1.34. The predicted molar refractivity (Wildman–Crippen MR) is 242 cm³/mol. The minimum Gasteiger partial charge on any atom is -0.278 e. The van der Waals surface area contributed by atoms with Gasteiger partial charge in [-0.3, -0.25) is 9.13 Å². The van der Waals surface area contributed by atoms with Gasteiger partial charge in [0.15, 0.2) is 5.82 Å². The number of benzene rings is 8. The van der Waals surface area contributed by atoms with Gasteiger partial charge in [-0.1, -0.05) is 177 Å². The zero-order chi connectivity index (χ0) is 56.6. The van der Waals surface area contributed by atoms with Crippen LogP contribution in [-0.2, 0) is 5.41 Å². The smallest absolute Gasteiger partial charge is 0.240 e. The predicted octanol–water partition coefficient (Wildman–Crippen LogP) is 13.4. The fraction of sp³-hybridized carbons (Fsp3) is 0.0556. The van der Waals surface area contributed by atoms with Gasteiger partial charge in [-0.2, -0.15) is 15.0 Å². The zero-order valence-electron chi connectivity index (χ0n) is 51.1. The Balaban J connectivity index is 1.24. The lowest BCUT2D eigenvalue weighted by Crippen LogP contribution is -2.14. The van der Waals surface area contributed by atoms with E-state index >= 15 is 0 Å². The van der Waals surface area contributed by atoms with Crippen LogP contribution < -0.4 is 0 Å². The molecular formula is C54H37N5. The summed E-state index contributed by atoms with van der Waals surface area (Å²) in [4.78, 5) is 14.6. The first-order valence-electron chi connectivity index (χ1n) is 28.6. The van der Waals surface area contributed by atoms with Gasteiger partial charge < -0.3 is 0 Å². The first kappa shape index (κ1) is 19.2. The summed E-state index contributed by atoms with van der Waals surface area (Å²) in [5, 5.41) is -1.41. The summed E-state index contributed by atoms with van der Waals surface area (Å²) in [6, 6.07) is 6.24. The van der Waals surface area contributed by atoms with Crippen molar-refractivity contribution in [3.63, 3.8) is 0 Å². The molecule has 0 saturated carbocycles. The Morgan fingerprint density at radius 1 is 0.424 bits per heavy atom. The van der Waals surface area contributed by atoms with Crippen LogP contribution in [0.15, 0.2) is 188 Å². The Bertz CT molecular complexity index is 4540. The molecule has 0 aliphatic heterocycles. The third kappa shape index (κ3) is 5.01. The molecule has 5 heteroatoms. The summed E-state index contributed by atoms with van der Waals surface area (Å²) in [6.07, 6.45) is 0. The van der Waals surface area contributed by atoms with Crippen LogP contribution in [0.2, 0.25) is 0 Å². The van der Waals surface area contributed by atoms with E-state index in [0.29, 0.717) is 0 Å². The van der Waals surface area contributed by atoms with Crippen LogP contribution in [0.5, 0.6) is 0 Å². The minimum absolute atomic E-state index is 0.218. The van der Waals surface area contributed by atoms with Crippen molar-refractivity contribution < 1.29 is 27.4 Å². The molecule has 0 saturated heterocycles. The van der Waals surface area contributed by atoms with E-state index in [2.05, 4.69) is 32.0 Å². The first-order valence-corrected chi connectivity index (χ1v) is 18.6. The van der Waals surface area contributed by atoms with Crippen LogP contribution in [0.3, 0.4) is 0 Å². The van der Waals surface area contributed by atoms with Crippen LogP contribution >= 0.6 is 0 Å². The number of rotatable bonds is 5. The molecule has 59 heavy (non-hydrogen) atoms. The number of hydrogen-bond donors (Lipinski definition) is 0. The Labute approximate surface area is 369 Å². The van der Waals surface area contributed by atoms with Gasteiger partial charge in [0.2, 0.25) is 11.9 Å². The molecule has 1 aliphatic rings. The molecule has 0 radical (unpaired) electrons. The molecule has 0 fully saturated rings. The average molecular weight is 776 g/mol. The van der Waals surface area contributed by atoms with E-state index in [9.17, 15) is 9.60 Å². The molecule has 3 heterocycles. The maximum atomic E-state index is 9.90. The maximum absolute atomic E-state index is 9.90. The molecule has 1 aliphatic carbocycles. The van der Waals surface area contributed by atoms with E-state index in [1.807, 2.05) is 36.4 Å². The summed E-state index contributed by atoms with van der Waals surface area (Å²) in [5.41, 5.74) is 3.07. The largest absolute Gasteiger partial charge is 0.278 e. The van der Waals surface area contributed by atoms with Crippen LogP contribution in [-0.4, -0.2) is 24.1 Å². The molecule has 12 rings (SSSR count). The molecule has 0 N–H and O–H groups in total. The maximum Gasteiger partial charge on any atom is 0.240 e.